The van der Waals surface area contributed by atoms with Crippen LogP contribution in [-0.2, 0) is 9.63 Å². The van der Waals surface area contributed by atoms with E-state index in [4.69, 9.17) is 4.84 Å². The predicted octanol–water partition coefficient (Wildman–Crippen LogP) is 4.35. The summed E-state index contributed by atoms with van der Waals surface area (Å²) in [6.07, 6.45) is 5.48. The van der Waals surface area contributed by atoms with Crippen molar-refractivity contribution in [1.29, 1.82) is 0 Å². The van der Waals surface area contributed by atoms with Crippen LogP contribution in [0.5, 0.6) is 0 Å². The monoisotopic (exact) mass is 353 g/mol. The van der Waals surface area contributed by atoms with Crippen LogP contribution in [0.1, 0.15) is 11.1 Å². The number of allylic oxidation sites excluding steroid dienone is 2. The Kier molecular flexibility index (Phi) is 4.30. The second kappa shape index (κ2) is 6.54. The van der Waals surface area contributed by atoms with E-state index in [1.807, 2.05) is 66.7 Å². The summed E-state index contributed by atoms with van der Waals surface area (Å²) in [5, 5.41) is 3.87. The molecule has 0 unspecified atom stereocenters. The van der Waals surface area contributed by atoms with Crippen LogP contribution in [0.15, 0.2) is 82.0 Å². The molecule has 2 aromatic rings. The number of hydrogen-bond donors (Lipinski definition) is 0. The van der Waals surface area contributed by atoms with Gasteiger partial charge in [0.15, 0.2) is 0 Å². The Labute approximate surface area is 136 Å². The fourth-order valence-electron chi connectivity index (χ4n) is 2.06. The van der Waals surface area contributed by atoms with Crippen LogP contribution in [0, 0.1) is 0 Å². The maximum atomic E-state index is 11.8. The van der Waals surface area contributed by atoms with E-state index in [1.54, 1.807) is 6.08 Å². The van der Waals surface area contributed by atoms with Crippen molar-refractivity contribution in [2.45, 2.75) is 0 Å². The Morgan fingerprint density at radius 3 is 2.45 bits per heavy atom. The van der Waals surface area contributed by atoms with Gasteiger partial charge in [0.25, 0.3) is 0 Å². The molecule has 0 atom stereocenters. The third-order valence-corrected chi connectivity index (χ3v) is 3.69. The predicted molar refractivity (Wildman–Crippen MR) is 90.3 cm³/mol. The van der Waals surface area contributed by atoms with Gasteiger partial charge in [-0.15, -0.1) is 0 Å². The highest BCUT2D eigenvalue weighted by atomic mass is 79.9. The molecular formula is C18H12BrNO2. The summed E-state index contributed by atoms with van der Waals surface area (Å²) < 4.78 is 0.969. The SMILES string of the molecule is O=C1ON=C(c2ccc(Br)cc2)/C1=C\C=C\c1ccccc1. The molecule has 108 valence electrons. The minimum Gasteiger partial charge on any atom is -0.312 e. The van der Waals surface area contributed by atoms with Crippen molar-refractivity contribution in [3.8, 4) is 0 Å². The molecule has 22 heavy (non-hydrogen) atoms. The normalized spacial score (nSPS) is 16.1. The minimum atomic E-state index is -0.435. The van der Waals surface area contributed by atoms with E-state index in [1.165, 1.54) is 0 Å². The zero-order chi connectivity index (χ0) is 15.4. The maximum Gasteiger partial charge on any atom is 0.368 e. The van der Waals surface area contributed by atoms with Crippen LogP contribution in [0.4, 0.5) is 0 Å². The summed E-state index contributed by atoms with van der Waals surface area (Å²) in [7, 11) is 0. The van der Waals surface area contributed by atoms with Crippen molar-refractivity contribution in [2.75, 3.05) is 0 Å². The first-order valence-electron chi connectivity index (χ1n) is 6.73. The Hall–Kier alpha value is -2.46. The van der Waals surface area contributed by atoms with Gasteiger partial charge in [0.2, 0.25) is 0 Å². The Morgan fingerprint density at radius 2 is 1.73 bits per heavy atom. The zero-order valence-corrected chi connectivity index (χ0v) is 13.2. The molecule has 1 heterocycles. The number of nitrogens with zero attached hydrogens (tertiary/aromatic N) is 1. The first-order valence-corrected chi connectivity index (χ1v) is 7.52. The molecule has 1 aliphatic rings. The van der Waals surface area contributed by atoms with Gasteiger partial charge >= 0.3 is 5.97 Å². The summed E-state index contributed by atoms with van der Waals surface area (Å²) in [6, 6.07) is 17.5. The lowest BCUT2D eigenvalue weighted by atomic mass is 10.0. The largest absolute Gasteiger partial charge is 0.368 e. The quantitative estimate of drug-likeness (QED) is 0.607. The number of benzene rings is 2. The summed E-state index contributed by atoms with van der Waals surface area (Å²) in [4.78, 5) is 16.6. The van der Waals surface area contributed by atoms with Gasteiger partial charge in [-0.1, -0.05) is 75.7 Å². The average molecular weight is 354 g/mol. The standard InChI is InChI=1S/C18H12BrNO2/c19-15-11-9-14(10-12-15)17-16(18(21)22-20-17)8-4-7-13-5-2-1-3-6-13/h1-12H/b7-4+,16-8+. The van der Waals surface area contributed by atoms with Crippen LogP contribution >= 0.6 is 15.9 Å². The molecule has 0 aromatic heterocycles. The molecule has 0 radical (unpaired) electrons. The highest BCUT2D eigenvalue weighted by Crippen LogP contribution is 2.20. The van der Waals surface area contributed by atoms with Crippen molar-refractivity contribution in [1.82, 2.24) is 0 Å². The van der Waals surface area contributed by atoms with Gasteiger partial charge in [0, 0.05) is 10.0 Å². The fraction of sp³-hybridized carbons (Fsp3) is 0. The summed E-state index contributed by atoms with van der Waals surface area (Å²) in [6.45, 7) is 0. The summed E-state index contributed by atoms with van der Waals surface area (Å²) >= 11 is 3.38. The molecular weight excluding hydrogens is 342 g/mol. The number of carbonyl (C=O) groups is 1. The van der Waals surface area contributed by atoms with Crippen LogP contribution in [-0.4, -0.2) is 11.7 Å². The summed E-state index contributed by atoms with van der Waals surface area (Å²) in [5.74, 6) is -0.435. The van der Waals surface area contributed by atoms with Crippen molar-refractivity contribution in [3.63, 3.8) is 0 Å². The van der Waals surface area contributed by atoms with Gasteiger partial charge < -0.3 is 4.84 Å². The third-order valence-electron chi connectivity index (χ3n) is 3.16. The number of halogens is 1. The molecule has 0 bridgehead atoms. The number of carbonyl (C=O) groups excluding carboxylic acids is 1. The van der Waals surface area contributed by atoms with Gasteiger partial charge in [0.05, 0.1) is 5.57 Å². The van der Waals surface area contributed by atoms with Crippen molar-refractivity contribution < 1.29 is 9.63 Å². The minimum absolute atomic E-state index is 0.435. The van der Waals surface area contributed by atoms with Crippen LogP contribution in [0.3, 0.4) is 0 Å². The molecule has 0 amide bonds. The fourth-order valence-corrected chi connectivity index (χ4v) is 2.33. The lowest BCUT2D eigenvalue weighted by molar-refractivity contribution is -0.136. The first kappa shape index (κ1) is 14.5. The Morgan fingerprint density at radius 1 is 1.00 bits per heavy atom. The highest BCUT2D eigenvalue weighted by Gasteiger charge is 2.25. The van der Waals surface area contributed by atoms with Crippen molar-refractivity contribution >= 4 is 33.7 Å². The molecule has 0 saturated carbocycles. The second-order valence-corrected chi connectivity index (χ2v) is 5.59. The van der Waals surface area contributed by atoms with E-state index in [0.717, 1.165) is 15.6 Å². The van der Waals surface area contributed by atoms with E-state index in [9.17, 15) is 4.79 Å². The average Bonchev–Trinajstić information content (AvgIpc) is 2.90. The molecule has 2 aromatic carbocycles. The molecule has 0 N–H and O–H groups in total. The molecule has 0 spiro atoms. The topological polar surface area (TPSA) is 38.7 Å². The Balaban J connectivity index is 1.86. The second-order valence-electron chi connectivity index (χ2n) is 4.68. The van der Waals surface area contributed by atoms with Gasteiger partial charge in [-0.05, 0) is 23.8 Å². The summed E-state index contributed by atoms with van der Waals surface area (Å²) in [5.41, 5.74) is 2.91. The van der Waals surface area contributed by atoms with E-state index in [0.29, 0.717) is 11.3 Å². The first-order chi connectivity index (χ1) is 10.7. The molecule has 1 aliphatic heterocycles. The van der Waals surface area contributed by atoms with Crippen LogP contribution < -0.4 is 0 Å². The third kappa shape index (κ3) is 3.23. The van der Waals surface area contributed by atoms with E-state index < -0.39 is 5.97 Å². The van der Waals surface area contributed by atoms with Crippen LogP contribution in [0.25, 0.3) is 6.08 Å². The van der Waals surface area contributed by atoms with Crippen LogP contribution in [0.2, 0.25) is 0 Å². The highest BCUT2D eigenvalue weighted by molar-refractivity contribution is 9.10. The smallest absolute Gasteiger partial charge is 0.312 e. The molecule has 3 nitrogen and oxygen atoms in total. The van der Waals surface area contributed by atoms with Gasteiger partial charge in [-0.25, -0.2) is 4.79 Å². The molecule has 0 aliphatic carbocycles. The Bertz CT molecular complexity index is 774. The molecule has 4 heteroatoms. The molecule has 0 fully saturated rings. The van der Waals surface area contributed by atoms with E-state index in [-0.39, 0.29) is 0 Å². The van der Waals surface area contributed by atoms with Crippen molar-refractivity contribution in [2.24, 2.45) is 5.16 Å². The molecule has 3 rings (SSSR count). The number of oxime groups is 1. The maximum absolute atomic E-state index is 11.8. The van der Waals surface area contributed by atoms with Gasteiger partial charge in [-0.2, -0.15) is 0 Å². The molecule has 0 saturated heterocycles. The lowest BCUT2D eigenvalue weighted by Gasteiger charge is -1.99. The lowest BCUT2D eigenvalue weighted by Crippen LogP contribution is -2.06. The zero-order valence-electron chi connectivity index (χ0n) is 11.6. The van der Waals surface area contributed by atoms with Gasteiger partial charge in [0.1, 0.15) is 5.71 Å². The van der Waals surface area contributed by atoms with E-state index >= 15 is 0 Å². The van der Waals surface area contributed by atoms with Crippen molar-refractivity contribution in [3.05, 3.63) is 87.9 Å². The number of rotatable bonds is 3. The van der Waals surface area contributed by atoms with E-state index in [2.05, 4.69) is 21.1 Å². The van der Waals surface area contributed by atoms with Gasteiger partial charge in [-0.3, -0.25) is 0 Å². The number of hydrogen-bond acceptors (Lipinski definition) is 3.